The molecule has 0 amide bonds. The molecule has 0 bridgehead atoms. The maximum Gasteiger partial charge on any atom is 0.183 e. The van der Waals surface area contributed by atoms with E-state index in [9.17, 15) is 0 Å². The van der Waals surface area contributed by atoms with Crippen LogP contribution in [-0.4, -0.2) is 23.3 Å². The zero-order chi connectivity index (χ0) is 15.9. The second-order valence-corrected chi connectivity index (χ2v) is 6.48. The molecule has 1 saturated heterocycles. The van der Waals surface area contributed by atoms with Gasteiger partial charge in [0.2, 0.25) is 0 Å². The molecule has 118 valence electrons. The highest BCUT2D eigenvalue weighted by molar-refractivity contribution is 6.35. The highest BCUT2D eigenvalue weighted by Crippen LogP contribution is 2.45. The summed E-state index contributed by atoms with van der Waals surface area (Å²) in [6.45, 7) is 1.85. The molecule has 0 unspecified atom stereocenters. The van der Waals surface area contributed by atoms with Gasteiger partial charge in [0, 0.05) is 18.5 Å². The molecule has 1 aliphatic carbocycles. The van der Waals surface area contributed by atoms with E-state index in [0.29, 0.717) is 10.8 Å². The van der Waals surface area contributed by atoms with Gasteiger partial charge >= 0.3 is 0 Å². The van der Waals surface area contributed by atoms with Gasteiger partial charge < -0.3 is 10.3 Å². The molecule has 2 aromatic rings. The average Bonchev–Trinajstić information content (AvgIpc) is 2.95. The Kier molecular flexibility index (Phi) is 3.47. The normalized spacial score (nSPS) is 18.3. The molecule has 3 N–H and O–H groups in total. The summed E-state index contributed by atoms with van der Waals surface area (Å²) < 4.78 is 0. The van der Waals surface area contributed by atoms with Gasteiger partial charge in [-0.1, -0.05) is 48.0 Å². The monoisotopic (exact) mass is 327 g/mol. The lowest BCUT2D eigenvalue weighted by Gasteiger charge is -2.40. The van der Waals surface area contributed by atoms with Gasteiger partial charge in [0.25, 0.3) is 0 Å². The Labute approximate surface area is 140 Å². The van der Waals surface area contributed by atoms with Gasteiger partial charge in [-0.3, -0.25) is 0 Å². The number of anilines is 2. The number of rotatable bonds is 2. The number of nitrogens with zero attached hydrogens (tertiary/aromatic N) is 3. The smallest absolute Gasteiger partial charge is 0.183 e. The van der Waals surface area contributed by atoms with Crippen LogP contribution in [0.1, 0.15) is 24.0 Å². The lowest BCUT2D eigenvalue weighted by atomic mass is 9.74. The molecule has 4 rings (SSSR count). The maximum absolute atomic E-state index is 6.37. The quantitative estimate of drug-likeness (QED) is 0.655. The Bertz CT molecular complexity index is 765. The van der Waals surface area contributed by atoms with Gasteiger partial charge in [0.05, 0.1) is 11.9 Å². The molecule has 1 aliphatic heterocycles. The van der Waals surface area contributed by atoms with Gasteiger partial charge in [0.1, 0.15) is 5.02 Å². The number of fused-ring (bicyclic) bond motifs is 2. The largest absolute Gasteiger partial charge is 0.369 e. The Morgan fingerprint density at radius 3 is 2.78 bits per heavy atom. The molecule has 0 saturated carbocycles. The Hall–Kier alpha value is -2.11. The summed E-state index contributed by atoms with van der Waals surface area (Å²) in [6, 6.07) is 8.67. The second kappa shape index (κ2) is 5.51. The predicted octanol–water partition coefficient (Wildman–Crippen LogP) is 2.98. The van der Waals surface area contributed by atoms with Crippen LogP contribution in [0.25, 0.3) is 6.08 Å². The van der Waals surface area contributed by atoms with Crippen LogP contribution in [0, 0.1) is 0 Å². The van der Waals surface area contributed by atoms with Crippen molar-refractivity contribution in [2.75, 3.05) is 23.4 Å². The van der Waals surface area contributed by atoms with Crippen LogP contribution in [-0.2, 0) is 5.41 Å². The van der Waals surface area contributed by atoms with Crippen molar-refractivity contribution in [2.24, 2.45) is 5.84 Å². The first-order chi connectivity index (χ1) is 11.2. The van der Waals surface area contributed by atoms with Crippen LogP contribution >= 0.6 is 11.6 Å². The standard InChI is InChI=1S/C17H18ClN5/c18-15-14(11-20-22-16(15)21-19)23-9-7-17(8-10-23)6-5-12-3-1-2-4-13(12)17/h1-6,11H,7-10,19H2,(H,21,22). The number of hydrogen-bond donors (Lipinski definition) is 2. The summed E-state index contributed by atoms with van der Waals surface area (Å²) in [5.74, 6) is 5.84. The van der Waals surface area contributed by atoms with Gasteiger partial charge in [0.15, 0.2) is 5.82 Å². The van der Waals surface area contributed by atoms with Gasteiger partial charge in [-0.2, -0.15) is 5.10 Å². The van der Waals surface area contributed by atoms with Crippen molar-refractivity contribution in [3.63, 3.8) is 0 Å². The Morgan fingerprint density at radius 2 is 2.00 bits per heavy atom. The van der Waals surface area contributed by atoms with Crippen molar-refractivity contribution in [3.05, 3.63) is 52.7 Å². The third kappa shape index (κ3) is 2.28. The average molecular weight is 328 g/mol. The van der Waals surface area contributed by atoms with Crippen LogP contribution in [0.2, 0.25) is 5.02 Å². The molecule has 0 radical (unpaired) electrons. The zero-order valence-corrected chi connectivity index (χ0v) is 13.4. The van der Waals surface area contributed by atoms with Crippen LogP contribution in [0.3, 0.4) is 0 Å². The fourth-order valence-electron chi connectivity index (χ4n) is 3.69. The van der Waals surface area contributed by atoms with Crippen LogP contribution in [0.4, 0.5) is 11.5 Å². The van der Waals surface area contributed by atoms with E-state index in [4.69, 9.17) is 17.4 Å². The molecule has 6 heteroatoms. The number of halogens is 1. The first-order valence-electron chi connectivity index (χ1n) is 7.75. The molecule has 23 heavy (non-hydrogen) atoms. The third-order valence-corrected chi connectivity index (χ3v) is 5.36. The van der Waals surface area contributed by atoms with Gasteiger partial charge in [-0.15, -0.1) is 5.10 Å². The Balaban J connectivity index is 1.58. The number of aromatic nitrogens is 2. The molecule has 1 aromatic carbocycles. The SMILES string of the molecule is NNc1nncc(N2CCC3(C=Cc4ccccc43)CC2)c1Cl. The summed E-state index contributed by atoms with van der Waals surface area (Å²) in [6.07, 6.45) is 8.45. The minimum absolute atomic E-state index is 0.162. The van der Waals surface area contributed by atoms with Gasteiger partial charge in [-0.05, 0) is 24.0 Å². The predicted molar refractivity (Wildman–Crippen MR) is 93.5 cm³/mol. The molecule has 1 fully saturated rings. The summed E-state index contributed by atoms with van der Waals surface area (Å²) in [5, 5.41) is 8.41. The first-order valence-corrected chi connectivity index (χ1v) is 8.13. The number of hydrogen-bond acceptors (Lipinski definition) is 5. The zero-order valence-electron chi connectivity index (χ0n) is 12.7. The van der Waals surface area contributed by atoms with Crippen molar-refractivity contribution in [2.45, 2.75) is 18.3 Å². The van der Waals surface area contributed by atoms with Crippen LogP contribution in [0.5, 0.6) is 0 Å². The summed E-state index contributed by atoms with van der Waals surface area (Å²) in [5.41, 5.74) is 6.34. The van der Waals surface area contributed by atoms with Crippen LogP contribution < -0.4 is 16.2 Å². The molecule has 0 atom stereocenters. The molecular weight excluding hydrogens is 310 g/mol. The summed E-state index contributed by atoms with van der Waals surface area (Å²) in [4.78, 5) is 2.26. The minimum Gasteiger partial charge on any atom is -0.369 e. The van der Waals surface area contributed by atoms with E-state index in [1.165, 1.54) is 11.1 Å². The summed E-state index contributed by atoms with van der Waals surface area (Å²) >= 11 is 6.37. The first kappa shape index (κ1) is 14.5. The van der Waals surface area contributed by atoms with E-state index in [-0.39, 0.29) is 5.41 Å². The molecule has 5 nitrogen and oxygen atoms in total. The maximum atomic E-state index is 6.37. The number of hydrazine groups is 1. The second-order valence-electron chi connectivity index (χ2n) is 6.10. The van der Waals surface area contributed by atoms with Gasteiger partial charge in [-0.25, -0.2) is 5.84 Å². The fourth-order valence-corrected chi connectivity index (χ4v) is 3.95. The van der Waals surface area contributed by atoms with E-state index >= 15 is 0 Å². The molecule has 2 aliphatic rings. The molecule has 1 aromatic heterocycles. The van der Waals surface area contributed by atoms with E-state index in [0.717, 1.165) is 31.6 Å². The number of allylic oxidation sites excluding steroid dienone is 1. The third-order valence-electron chi connectivity index (χ3n) is 4.98. The van der Waals surface area contributed by atoms with Crippen molar-refractivity contribution in [3.8, 4) is 0 Å². The topological polar surface area (TPSA) is 67.1 Å². The number of piperidine rings is 1. The van der Waals surface area contributed by atoms with Crippen LogP contribution in [0.15, 0.2) is 36.5 Å². The van der Waals surface area contributed by atoms with Crippen molar-refractivity contribution < 1.29 is 0 Å². The van der Waals surface area contributed by atoms with Crippen molar-refractivity contribution >= 4 is 29.2 Å². The van der Waals surface area contributed by atoms with E-state index in [1.54, 1.807) is 6.20 Å². The van der Waals surface area contributed by atoms with E-state index in [1.807, 2.05) is 0 Å². The molecule has 1 spiro atoms. The van der Waals surface area contributed by atoms with Crippen molar-refractivity contribution in [1.29, 1.82) is 0 Å². The number of nitrogens with one attached hydrogen (secondary N) is 1. The van der Waals surface area contributed by atoms with E-state index < -0.39 is 0 Å². The lowest BCUT2D eigenvalue weighted by Crippen LogP contribution is -2.41. The minimum atomic E-state index is 0.162. The highest BCUT2D eigenvalue weighted by Gasteiger charge is 2.38. The van der Waals surface area contributed by atoms with E-state index in [2.05, 4.69) is 56.9 Å². The number of nitrogens with two attached hydrogens (primary N) is 1. The molecular formula is C17H18ClN5. The summed E-state index contributed by atoms with van der Waals surface area (Å²) in [7, 11) is 0. The van der Waals surface area contributed by atoms with Crippen molar-refractivity contribution in [1.82, 2.24) is 10.2 Å². The lowest BCUT2D eigenvalue weighted by molar-refractivity contribution is 0.411. The highest BCUT2D eigenvalue weighted by atomic mass is 35.5. The Morgan fingerprint density at radius 1 is 1.22 bits per heavy atom. The molecule has 2 heterocycles. The number of benzene rings is 1. The number of nitrogen functional groups attached to an aromatic ring is 1. The fraction of sp³-hybridized carbons (Fsp3) is 0.294.